The van der Waals surface area contributed by atoms with Crippen LogP contribution in [0.5, 0.6) is 0 Å². The maximum absolute atomic E-state index is 2.57. The number of rotatable bonds is 2. The molecule has 71 valence electrons. The van der Waals surface area contributed by atoms with Crippen LogP contribution in [-0.2, 0) is 0 Å². The van der Waals surface area contributed by atoms with Gasteiger partial charge in [-0.1, -0.05) is 40.5 Å². The second-order valence-corrected chi connectivity index (χ2v) is 5.10. The van der Waals surface area contributed by atoms with Gasteiger partial charge in [0.25, 0.3) is 0 Å². The highest BCUT2D eigenvalue weighted by Crippen LogP contribution is 2.41. The van der Waals surface area contributed by atoms with Crippen LogP contribution in [0.2, 0.25) is 0 Å². The lowest BCUT2D eigenvalue weighted by Gasteiger charge is -2.37. The van der Waals surface area contributed by atoms with Crippen molar-refractivity contribution in [3.05, 3.63) is 6.42 Å². The van der Waals surface area contributed by atoms with Crippen molar-refractivity contribution in [1.82, 2.24) is 0 Å². The Balaban J connectivity index is 2.44. The summed E-state index contributed by atoms with van der Waals surface area (Å²) in [6.45, 7) is 9.49. The topological polar surface area (TPSA) is 0 Å². The molecule has 0 bridgehead atoms. The van der Waals surface area contributed by atoms with Gasteiger partial charge in [0, 0.05) is 0 Å². The Morgan fingerprint density at radius 1 is 1.33 bits per heavy atom. The molecule has 0 aromatic heterocycles. The molecule has 0 nitrogen and oxygen atoms in total. The molecule has 12 heavy (non-hydrogen) atoms. The van der Waals surface area contributed by atoms with Gasteiger partial charge in [0.05, 0.1) is 0 Å². The fourth-order valence-electron chi connectivity index (χ4n) is 2.07. The Kier molecular flexibility index (Phi) is 3.20. The van der Waals surface area contributed by atoms with Crippen molar-refractivity contribution in [2.75, 3.05) is 0 Å². The SMILES string of the molecule is CCC(C)(C)C1[CH]CC(C)CC1. The zero-order valence-corrected chi connectivity index (χ0v) is 9.06. The standard InChI is InChI=1S/C12H23/c1-5-12(3,4)11-8-6-10(2)7-9-11/h8,10-11H,5-7,9H2,1-4H3. The van der Waals surface area contributed by atoms with Crippen LogP contribution in [0, 0.1) is 23.7 Å². The third kappa shape index (κ3) is 2.24. The lowest BCUT2D eigenvalue weighted by Crippen LogP contribution is -2.27. The van der Waals surface area contributed by atoms with E-state index in [1.165, 1.54) is 25.7 Å². The van der Waals surface area contributed by atoms with E-state index in [1.54, 1.807) is 0 Å². The first-order valence-electron chi connectivity index (χ1n) is 5.39. The Bertz CT molecular complexity index is 127. The minimum Gasteiger partial charge on any atom is -0.0649 e. The second kappa shape index (κ2) is 3.81. The highest BCUT2D eigenvalue weighted by Gasteiger charge is 2.30. The van der Waals surface area contributed by atoms with E-state index >= 15 is 0 Å². The predicted molar refractivity (Wildman–Crippen MR) is 54.9 cm³/mol. The molecule has 0 heteroatoms. The molecular weight excluding hydrogens is 144 g/mol. The summed E-state index contributed by atoms with van der Waals surface area (Å²) in [7, 11) is 0. The molecule has 1 fully saturated rings. The van der Waals surface area contributed by atoms with Gasteiger partial charge in [0.2, 0.25) is 0 Å². The normalized spacial score (nSPS) is 32.0. The fraction of sp³-hybridized carbons (Fsp3) is 0.917. The first kappa shape index (κ1) is 10.1. The van der Waals surface area contributed by atoms with Crippen molar-refractivity contribution in [1.29, 1.82) is 0 Å². The van der Waals surface area contributed by atoms with E-state index in [4.69, 9.17) is 0 Å². The van der Waals surface area contributed by atoms with Crippen molar-refractivity contribution in [3.63, 3.8) is 0 Å². The van der Waals surface area contributed by atoms with Gasteiger partial charge < -0.3 is 0 Å². The van der Waals surface area contributed by atoms with Crippen LogP contribution in [0.1, 0.15) is 53.4 Å². The molecule has 1 aliphatic rings. The van der Waals surface area contributed by atoms with E-state index in [0.29, 0.717) is 5.41 Å². The van der Waals surface area contributed by atoms with Crippen molar-refractivity contribution in [2.45, 2.75) is 53.4 Å². The summed E-state index contributed by atoms with van der Waals surface area (Å²) in [4.78, 5) is 0. The Labute approximate surface area is 77.7 Å². The van der Waals surface area contributed by atoms with Gasteiger partial charge >= 0.3 is 0 Å². The van der Waals surface area contributed by atoms with E-state index in [1.807, 2.05) is 0 Å². The molecule has 0 N–H and O–H groups in total. The van der Waals surface area contributed by atoms with Gasteiger partial charge in [-0.3, -0.25) is 0 Å². The molecule has 0 spiro atoms. The summed E-state index contributed by atoms with van der Waals surface area (Å²) < 4.78 is 0. The molecule has 0 saturated heterocycles. The number of hydrogen-bond donors (Lipinski definition) is 0. The molecule has 0 aromatic rings. The van der Waals surface area contributed by atoms with Crippen LogP contribution in [0.25, 0.3) is 0 Å². The zero-order valence-electron chi connectivity index (χ0n) is 9.06. The Morgan fingerprint density at radius 3 is 2.42 bits per heavy atom. The van der Waals surface area contributed by atoms with Crippen molar-refractivity contribution in [3.8, 4) is 0 Å². The summed E-state index contributed by atoms with van der Waals surface area (Å²) in [6, 6.07) is 0. The molecule has 0 amide bonds. The van der Waals surface area contributed by atoms with E-state index in [9.17, 15) is 0 Å². The van der Waals surface area contributed by atoms with E-state index in [0.717, 1.165) is 11.8 Å². The van der Waals surface area contributed by atoms with Crippen LogP contribution in [0.3, 0.4) is 0 Å². The smallest absolute Gasteiger partial charge is 0.0326 e. The van der Waals surface area contributed by atoms with E-state index in [-0.39, 0.29) is 0 Å². The minimum atomic E-state index is 0.542. The number of hydrogen-bond acceptors (Lipinski definition) is 0. The largest absolute Gasteiger partial charge is 0.0649 e. The van der Waals surface area contributed by atoms with Gasteiger partial charge in [0.1, 0.15) is 0 Å². The zero-order chi connectivity index (χ0) is 9.19. The van der Waals surface area contributed by atoms with Crippen LogP contribution >= 0.6 is 0 Å². The van der Waals surface area contributed by atoms with Gasteiger partial charge in [-0.15, -0.1) is 0 Å². The third-order valence-corrected chi connectivity index (χ3v) is 3.71. The lowest BCUT2D eigenvalue weighted by molar-refractivity contribution is 0.180. The first-order chi connectivity index (χ1) is 5.56. The lowest BCUT2D eigenvalue weighted by atomic mass is 9.68. The van der Waals surface area contributed by atoms with Crippen molar-refractivity contribution in [2.24, 2.45) is 17.3 Å². The van der Waals surface area contributed by atoms with Crippen LogP contribution < -0.4 is 0 Å². The van der Waals surface area contributed by atoms with Crippen molar-refractivity contribution < 1.29 is 0 Å². The molecule has 2 unspecified atom stereocenters. The molecule has 1 rings (SSSR count). The maximum atomic E-state index is 2.57. The van der Waals surface area contributed by atoms with E-state index < -0.39 is 0 Å². The predicted octanol–water partition coefficient (Wildman–Crippen LogP) is 4.06. The molecule has 0 aromatic carbocycles. The van der Waals surface area contributed by atoms with Gasteiger partial charge in [-0.2, -0.15) is 0 Å². The monoisotopic (exact) mass is 167 g/mol. The van der Waals surface area contributed by atoms with Gasteiger partial charge in [0.15, 0.2) is 0 Å². The van der Waals surface area contributed by atoms with Gasteiger partial charge in [-0.25, -0.2) is 0 Å². The highest BCUT2D eigenvalue weighted by molar-refractivity contribution is 4.91. The Hall–Kier alpha value is 0. The quantitative estimate of drug-likeness (QED) is 0.581. The summed E-state index contributed by atoms with van der Waals surface area (Å²) in [5, 5.41) is 0. The third-order valence-electron chi connectivity index (χ3n) is 3.71. The second-order valence-electron chi connectivity index (χ2n) is 5.10. The first-order valence-corrected chi connectivity index (χ1v) is 5.39. The molecule has 0 aliphatic heterocycles. The average molecular weight is 167 g/mol. The molecule has 1 saturated carbocycles. The van der Waals surface area contributed by atoms with Crippen LogP contribution in [0.4, 0.5) is 0 Å². The molecule has 1 radical (unpaired) electrons. The molecule has 1 aliphatic carbocycles. The maximum Gasteiger partial charge on any atom is -0.0326 e. The van der Waals surface area contributed by atoms with E-state index in [2.05, 4.69) is 34.1 Å². The van der Waals surface area contributed by atoms with Crippen LogP contribution in [0.15, 0.2) is 0 Å². The minimum absolute atomic E-state index is 0.542. The highest BCUT2D eigenvalue weighted by atomic mass is 14.4. The molecular formula is C12H23. The molecule has 0 heterocycles. The van der Waals surface area contributed by atoms with Crippen LogP contribution in [-0.4, -0.2) is 0 Å². The fourth-order valence-corrected chi connectivity index (χ4v) is 2.07. The summed E-state index contributed by atoms with van der Waals surface area (Å²) >= 11 is 0. The van der Waals surface area contributed by atoms with Crippen molar-refractivity contribution >= 4 is 0 Å². The Morgan fingerprint density at radius 2 is 2.00 bits per heavy atom. The molecule has 2 atom stereocenters. The van der Waals surface area contributed by atoms with Gasteiger partial charge in [-0.05, 0) is 36.5 Å². The summed E-state index contributed by atoms with van der Waals surface area (Å²) in [5.41, 5.74) is 0.542. The average Bonchev–Trinajstić information content (AvgIpc) is 2.05. The summed E-state index contributed by atoms with van der Waals surface area (Å²) in [5.74, 6) is 1.81. The summed E-state index contributed by atoms with van der Waals surface area (Å²) in [6.07, 6.45) is 8.07.